The molecule has 2 rings (SSSR count). The SMILES string of the molecule is Cc1ccc(C(C)NC(=O)CC2(C(=O)O)CCC2)cc1[N+](=O)[O-]. The van der Waals surface area contributed by atoms with Crippen molar-refractivity contribution >= 4 is 17.6 Å². The van der Waals surface area contributed by atoms with E-state index >= 15 is 0 Å². The second-order valence-electron chi connectivity index (χ2n) is 6.21. The van der Waals surface area contributed by atoms with Crippen molar-refractivity contribution in [3.05, 3.63) is 39.4 Å². The Kier molecular flexibility index (Phi) is 4.68. The van der Waals surface area contributed by atoms with Crippen LogP contribution in [0.4, 0.5) is 5.69 Å². The summed E-state index contributed by atoms with van der Waals surface area (Å²) in [6, 6.07) is 4.38. The average molecular weight is 320 g/mol. The summed E-state index contributed by atoms with van der Waals surface area (Å²) in [6.07, 6.45) is 1.79. The highest BCUT2D eigenvalue weighted by Crippen LogP contribution is 2.44. The van der Waals surface area contributed by atoms with Gasteiger partial charge < -0.3 is 10.4 Å². The third-order valence-corrected chi connectivity index (χ3v) is 4.57. The zero-order valence-electron chi connectivity index (χ0n) is 13.2. The maximum atomic E-state index is 12.1. The van der Waals surface area contributed by atoms with Gasteiger partial charge in [-0.2, -0.15) is 0 Å². The van der Waals surface area contributed by atoms with Crippen molar-refractivity contribution in [3.63, 3.8) is 0 Å². The zero-order chi connectivity index (χ0) is 17.2. The second-order valence-corrected chi connectivity index (χ2v) is 6.21. The van der Waals surface area contributed by atoms with Crippen molar-refractivity contribution in [2.75, 3.05) is 0 Å². The first kappa shape index (κ1) is 16.9. The van der Waals surface area contributed by atoms with Crippen molar-refractivity contribution in [2.24, 2.45) is 5.41 Å². The van der Waals surface area contributed by atoms with E-state index in [-0.39, 0.29) is 18.0 Å². The van der Waals surface area contributed by atoms with Crippen molar-refractivity contribution in [1.82, 2.24) is 5.32 Å². The van der Waals surface area contributed by atoms with E-state index in [4.69, 9.17) is 0 Å². The number of carbonyl (C=O) groups is 2. The molecule has 0 heterocycles. The number of carboxylic acids is 1. The van der Waals surface area contributed by atoms with Crippen molar-refractivity contribution in [1.29, 1.82) is 0 Å². The second kappa shape index (κ2) is 6.36. The number of aryl methyl sites for hydroxylation is 1. The van der Waals surface area contributed by atoms with Crippen molar-refractivity contribution in [2.45, 2.75) is 45.6 Å². The lowest BCUT2D eigenvalue weighted by Crippen LogP contribution is -2.43. The number of carbonyl (C=O) groups excluding carboxylic acids is 1. The number of amides is 1. The highest BCUT2D eigenvalue weighted by molar-refractivity contribution is 5.85. The monoisotopic (exact) mass is 320 g/mol. The largest absolute Gasteiger partial charge is 0.481 e. The molecule has 0 spiro atoms. The predicted molar refractivity (Wildman–Crippen MR) is 82.9 cm³/mol. The van der Waals surface area contributed by atoms with Crippen molar-refractivity contribution in [3.8, 4) is 0 Å². The third-order valence-electron chi connectivity index (χ3n) is 4.57. The summed E-state index contributed by atoms with van der Waals surface area (Å²) in [5, 5.41) is 23.0. The van der Waals surface area contributed by atoms with Gasteiger partial charge in [-0.3, -0.25) is 19.7 Å². The lowest BCUT2D eigenvalue weighted by molar-refractivity contribution is -0.385. The minimum atomic E-state index is -0.941. The smallest absolute Gasteiger partial charge is 0.310 e. The molecule has 7 nitrogen and oxygen atoms in total. The summed E-state index contributed by atoms with van der Waals surface area (Å²) in [4.78, 5) is 33.9. The number of hydrogen-bond acceptors (Lipinski definition) is 4. The van der Waals surface area contributed by atoms with E-state index in [0.717, 1.165) is 6.42 Å². The molecule has 0 radical (unpaired) electrons. The van der Waals surface area contributed by atoms with Gasteiger partial charge in [-0.15, -0.1) is 0 Å². The van der Waals surface area contributed by atoms with Crippen molar-refractivity contribution < 1.29 is 19.6 Å². The fourth-order valence-electron chi connectivity index (χ4n) is 2.85. The van der Waals surface area contributed by atoms with E-state index in [1.807, 2.05) is 0 Å². The molecule has 2 N–H and O–H groups in total. The molecule has 1 unspecified atom stereocenters. The molecule has 0 saturated heterocycles. The minimum Gasteiger partial charge on any atom is -0.481 e. The predicted octanol–water partition coefficient (Wildman–Crippen LogP) is 2.73. The molecule has 1 aromatic rings. The quantitative estimate of drug-likeness (QED) is 0.618. The minimum absolute atomic E-state index is 0.00426. The molecule has 1 saturated carbocycles. The Morgan fingerprint density at radius 2 is 2.09 bits per heavy atom. The first-order valence-corrected chi connectivity index (χ1v) is 7.53. The standard InChI is InChI=1S/C16H20N2O5/c1-10-4-5-12(8-13(10)18(22)23)11(2)17-14(19)9-16(15(20)21)6-3-7-16/h4-5,8,11H,3,6-7,9H2,1-2H3,(H,17,19)(H,20,21). The Bertz CT molecular complexity index is 652. The zero-order valence-corrected chi connectivity index (χ0v) is 13.2. The number of benzene rings is 1. The molecule has 124 valence electrons. The van der Waals surface area contributed by atoms with Gasteiger partial charge in [-0.25, -0.2) is 0 Å². The van der Waals surface area contributed by atoms with E-state index in [1.54, 1.807) is 26.0 Å². The van der Waals surface area contributed by atoms with Gasteiger partial charge in [0.1, 0.15) is 0 Å². The number of nitro benzene ring substituents is 1. The molecule has 0 bridgehead atoms. The maximum Gasteiger partial charge on any atom is 0.310 e. The van der Waals surface area contributed by atoms with Gasteiger partial charge in [0, 0.05) is 18.1 Å². The highest BCUT2D eigenvalue weighted by atomic mass is 16.6. The molecule has 1 aliphatic rings. The van der Waals surface area contributed by atoms with Crippen LogP contribution in [0.5, 0.6) is 0 Å². The van der Waals surface area contributed by atoms with Crippen LogP contribution >= 0.6 is 0 Å². The van der Waals surface area contributed by atoms with E-state index in [1.165, 1.54) is 6.07 Å². The molecule has 23 heavy (non-hydrogen) atoms. The lowest BCUT2D eigenvalue weighted by atomic mass is 9.66. The van der Waals surface area contributed by atoms with Gasteiger partial charge in [0.25, 0.3) is 5.69 Å². The van der Waals surface area contributed by atoms with Crippen LogP contribution in [0.15, 0.2) is 18.2 Å². The summed E-state index contributed by atoms with van der Waals surface area (Å²) in [5.41, 5.74) is 0.234. The lowest BCUT2D eigenvalue weighted by Gasteiger charge is -2.37. The third kappa shape index (κ3) is 3.49. The van der Waals surface area contributed by atoms with Crippen LogP contribution < -0.4 is 5.32 Å². The molecule has 1 aromatic carbocycles. The fraction of sp³-hybridized carbons (Fsp3) is 0.500. The number of rotatable bonds is 6. The average Bonchev–Trinajstić information content (AvgIpc) is 2.42. The number of hydrogen-bond donors (Lipinski definition) is 2. The number of aliphatic carboxylic acids is 1. The van der Waals surface area contributed by atoms with Crippen LogP contribution in [-0.4, -0.2) is 21.9 Å². The van der Waals surface area contributed by atoms with Crippen LogP contribution in [0.1, 0.15) is 49.8 Å². The Labute approximate surface area is 133 Å². The molecular weight excluding hydrogens is 300 g/mol. The van der Waals surface area contributed by atoms with Crippen LogP contribution in [0, 0.1) is 22.5 Å². The topological polar surface area (TPSA) is 110 Å². The highest BCUT2D eigenvalue weighted by Gasteiger charge is 2.46. The first-order chi connectivity index (χ1) is 10.7. The molecule has 0 aromatic heterocycles. The van der Waals surface area contributed by atoms with E-state index in [9.17, 15) is 24.8 Å². The van der Waals surface area contributed by atoms with Crippen LogP contribution in [0.25, 0.3) is 0 Å². The Balaban J connectivity index is 2.05. The molecule has 1 aliphatic carbocycles. The summed E-state index contributed by atoms with van der Waals surface area (Å²) in [7, 11) is 0. The number of nitro groups is 1. The Morgan fingerprint density at radius 1 is 1.43 bits per heavy atom. The van der Waals surface area contributed by atoms with Crippen LogP contribution in [0.3, 0.4) is 0 Å². The van der Waals surface area contributed by atoms with Gasteiger partial charge in [0.2, 0.25) is 5.91 Å². The Hall–Kier alpha value is -2.44. The van der Waals surface area contributed by atoms with Gasteiger partial charge in [0.15, 0.2) is 0 Å². The van der Waals surface area contributed by atoms with Gasteiger partial charge in [-0.1, -0.05) is 18.6 Å². The van der Waals surface area contributed by atoms with Gasteiger partial charge in [0.05, 0.1) is 16.4 Å². The fourth-order valence-corrected chi connectivity index (χ4v) is 2.85. The molecule has 1 atom stereocenters. The summed E-state index contributed by atoms with van der Waals surface area (Å²) in [5.74, 6) is -1.28. The van der Waals surface area contributed by atoms with Crippen LogP contribution in [0.2, 0.25) is 0 Å². The van der Waals surface area contributed by atoms with Crippen LogP contribution in [-0.2, 0) is 9.59 Å². The summed E-state index contributed by atoms with van der Waals surface area (Å²) >= 11 is 0. The first-order valence-electron chi connectivity index (χ1n) is 7.53. The molecule has 0 aliphatic heterocycles. The van der Waals surface area contributed by atoms with E-state index < -0.39 is 22.3 Å². The Morgan fingerprint density at radius 3 is 2.57 bits per heavy atom. The number of carboxylic acid groups (broad SMARTS) is 1. The normalized spacial score (nSPS) is 17.0. The maximum absolute atomic E-state index is 12.1. The van der Waals surface area contributed by atoms with E-state index in [0.29, 0.717) is 24.0 Å². The summed E-state index contributed by atoms with van der Waals surface area (Å²) in [6.45, 7) is 3.37. The van der Waals surface area contributed by atoms with Gasteiger partial charge in [-0.05, 0) is 32.3 Å². The summed E-state index contributed by atoms with van der Waals surface area (Å²) < 4.78 is 0. The van der Waals surface area contributed by atoms with Gasteiger partial charge >= 0.3 is 5.97 Å². The molecule has 7 heteroatoms. The molecule has 1 fully saturated rings. The van der Waals surface area contributed by atoms with E-state index in [2.05, 4.69) is 5.32 Å². The number of nitrogens with zero attached hydrogens (tertiary/aromatic N) is 1. The number of nitrogens with one attached hydrogen (secondary N) is 1. The molecular formula is C16H20N2O5. The molecule has 1 amide bonds.